The first-order valence-electron chi connectivity index (χ1n) is 11.3. The number of benzene rings is 1. The van der Waals surface area contributed by atoms with Gasteiger partial charge in [-0.3, -0.25) is 9.13 Å². The van der Waals surface area contributed by atoms with Crippen LogP contribution in [0.1, 0.15) is 13.3 Å². The van der Waals surface area contributed by atoms with E-state index in [0.717, 1.165) is 30.0 Å². The maximum atomic E-state index is 12.7. The van der Waals surface area contributed by atoms with Crippen LogP contribution in [0.15, 0.2) is 47.4 Å². The standard InChI is InChI=1S/C23H27N6O4PS/c1-4-18-13-28(10-11-33-18)23-26-21(20-22(27-23)29(15-24-20)17-9-12-35-14-17)25-16-5-7-19(8-6-16)34(30,31-2)32-3/h5-9,12,14-15,18H,4,10-11,13H2,1-3H3,(H,25,26,27). The van der Waals surface area contributed by atoms with Crippen molar-refractivity contribution >= 4 is 52.9 Å². The molecular formula is C23H27N6O4PS. The van der Waals surface area contributed by atoms with Crippen LogP contribution in [0.5, 0.6) is 0 Å². The molecule has 184 valence electrons. The third kappa shape index (κ3) is 4.70. The van der Waals surface area contributed by atoms with Crippen molar-refractivity contribution in [3.05, 3.63) is 47.4 Å². The first-order valence-corrected chi connectivity index (χ1v) is 13.8. The first kappa shape index (κ1) is 23.9. The van der Waals surface area contributed by atoms with E-state index in [0.29, 0.717) is 35.7 Å². The van der Waals surface area contributed by atoms with Gasteiger partial charge in [-0.2, -0.15) is 21.3 Å². The highest BCUT2D eigenvalue weighted by Crippen LogP contribution is 2.45. The highest BCUT2D eigenvalue weighted by Gasteiger charge is 2.25. The van der Waals surface area contributed by atoms with Gasteiger partial charge in [-0.25, -0.2) is 4.98 Å². The molecule has 1 unspecified atom stereocenters. The number of fused-ring (bicyclic) bond motifs is 1. The summed E-state index contributed by atoms with van der Waals surface area (Å²) < 4.78 is 30.7. The van der Waals surface area contributed by atoms with Crippen LogP contribution in [0.3, 0.4) is 0 Å². The molecule has 0 bridgehead atoms. The van der Waals surface area contributed by atoms with Crippen molar-refractivity contribution in [2.24, 2.45) is 0 Å². The summed E-state index contributed by atoms with van der Waals surface area (Å²) in [6, 6.07) is 9.09. The smallest absolute Gasteiger partial charge is 0.360 e. The van der Waals surface area contributed by atoms with Crippen LogP contribution >= 0.6 is 18.9 Å². The average molecular weight is 515 g/mol. The van der Waals surface area contributed by atoms with Crippen LogP contribution in [0, 0.1) is 0 Å². The largest absolute Gasteiger partial charge is 0.375 e. The normalized spacial score (nSPS) is 16.7. The summed E-state index contributed by atoms with van der Waals surface area (Å²) in [6.45, 7) is 4.19. The molecule has 12 heteroatoms. The fourth-order valence-corrected chi connectivity index (χ4v) is 5.71. The number of thiophene rings is 1. The van der Waals surface area contributed by atoms with E-state index in [1.54, 1.807) is 29.8 Å². The number of imidazole rings is 1. The topological polar surface area (TPSA) is 104 Å². The van der Waals surface area contributed by atoms with Crippen molar-refractivity contribution in [1.29, 1.82) is 0 Å². The summed E-state index contributed by atoms with van der Waals surface area (Å²) in [5.41, 5.74) is 3.14. The lowest BCUT2D eigenvalue weighted by Crippen LogP contribution is -2.43. The number of hydrogen-bond donors (Lipinski definition) is 1. The van der Waals surface area contributed by atoms with Crippen molar-refractivity contribution in [3.63, 3.8) is 0 Å². The van der Waals surface area contributed by atoms with E-state index in [-0.39, 0.29) is 6.10 Å². The molecule has 1 aromatic carbocycles. The van der Waals surface area contributed by atoms with Crippen molar-refractivity contribution in [1.82, 2.24) is 19.5 Å². The highest BCUT2D eigenvalue weighted by atomic mass is 32.1. The molecule has 1 aliphatic heterocycles. The van der Waals surface area contributed by atoms with Gasteiger partial charge < -0.3 is 24.0 Å². The molecule has 1 fully saturated rings. The van der Waals surface area contributed by atoms with Crippen molar-refractivity contribution < 1.29 is 18.3 Å². The van der Waals surface area contributed by atoms with E-state index in [4.69, 9.17) is 23.8 Å². The van der Waals surface area contributed by atoms with Gasteiger partial charge in [0.15, 0.2) is 17.0 Å². The summed E-state index contributed by atoms with van der Waals surface area (Å²) in [5.74, 6) is 1.21. The molecule has 35 heavy (non-hydrogen) atoms. The molecule has 0 radical (unpaired) electrons. The average Bonchev–Trinajstić information content (AvgIpc) is 3.59. The van der Waals surface area contributed by atoms with Gasteiger partial charge in [0, 0.05) is 38.4 Å². The lowest BCUT2D eigenvalue weighted by molar-refractivity contribution is 0.0379. The Hall–Kier alpha value is -2.82. The van der Waals surface area contributed by atoms with E-state index in [1.165, 1.54) is 14.2 Å². The molecule has 1 N–H and O–H groups in total. The van der Waals surface area contributed by atoms with Gasteiger partial charge in [0.25, 0.3) is 0 Å². The number of nitrogens with zero attached hydrogens (tertiary/aromatic N) is 5. The second-order valence-electron chi connectivity index (χ2n) is 8.02. The number of anilines is 3. The molecular weight excluding hydrogens is 487 g/mol. The molecule has 0 aliphatic carbocycles. The summed E-state index contributed by atoms with van der Waals surface area (Å²) in [4.78, 5) is 16.5. The second kappa shape index (κ2) is 10.0. The Morgan fingerprint density at radius 1 is 1.20 bits per heavy atom. The highest BCUT2D eigenvalue weighted by molar-refractivity contribution is 7.62. The molecule has 10 nitrogen and oxygen atoms in total. The maximum absolute atomic E-state index is 12.7. The molecule has 1 saturated heterocycles. The minimum absolute atomic E-state index is 0.144. The SMILES string of the molecule is CCC1CN(c2nc(Nc3ccc(P(=O)(OC)OC)cc3)c3ncn(-c4ccsc4)c3n2)CCO1. The predicted octanol–water partition coefficient (Wildman–Crippen LogP) is 4.35. The molecule has 0 amide bonds. The molecule has 0 saturated carbocycles. The lowest BCUT2D eigenvalue weighted by atomic mass is 10.2. The fourth-order valence-electron chi connectivity index (χ4n) is 4.00. The monoisotopic (exact) mass is 514 g/mol. The Morgan fingerprint density at radius 3 is 2.69 bits per heavy atom. The number of aromatic nitrogens is 4. The Kier molecular flexibility index (Phi) is 6.86. The Bertz CT molecular complexity index is 1340. The van der Waals surface area contributed by atoms with Gasteiger partial charge in [0.1, 0.15) is 6.33 Å². The molecule has 3 aromatic heterocycles. The fraction of sp³-hybridized carbons (Fsp3) is 0.348. The van der Waals surface area contributed by atoms with Crippen LogP contribution in [0.2, 0.25) is 0 Å². The zero-order chi connectivity index (χ0) is 24.4. The molecule has 1 aliphatic rings. The van der Waals surface area contributed by atoms with E-state index < -0.39 is 7.60 Å². The Balaban J connectivity index is 1.54. The third-order valence-corrected chi connectivity index (χ3v) is 8.54. The Labute approximate surface area is 207 Å². The first-order chi connectivity index (χ1) is 17.0. The summed E-state index contributed by atoms with van der Waals surface area (Å²) in [7, 11) is -0.583. The number of hydrogen-bond acceptors (Lipinski definition) is 10. The van der Waals surface area contributed by atoms with Crippen molar-refractivity contribution in [3.8, 4) is 5.69 Å². The van der Waals surface area contributed by atoms with Gasteiger partial charge >= 0.3 is 7.60 Å². The summed E-state index contributed by atoms with van der Waals surface area (Å²) >= 11 is 1.62. The number of nitrogens with one attached hydrogen (secondary N) is 1. The molecule has 0 spiro atoms. The molecule has 4 aromatic rings. The quantitative estimate of drug-likeness (QED) is 0.344. The third-order valence-electron chi connectivity index (χ3n) is 5.97. The van der Waals surface area contributed by atoms with Crippen LogP contribution < -0.4 is 15.5 Å². The van der Waals surface area contributed by atoms with Gasteiger partial charge in [0.2, 0.25) is 5.95 Å². The Morgan fingerprint density at radius 2 is 2.00 bits per heavy atom. The van der Waals surface area contributed by atoms with Crippen molar-refractivity contribution in [2.45, 2.75) is 19.4 Å². The van der Waals surface area contributed by atoms with Crippen molar-refractivity contribution in [2.75, 3.05) is 44.1 Å². The molecule has 1 atom stereocenters. The van der Waals surface area contributed by atoms with Crippen LogP contribution in [0.25, 0.3) is 16.9 Å². The van der Waals surface area contributed by atoms with E-state index in [1.807, 2.05) is 28.1 Å². The minimum atomic E-state index is -3.32. The van der Waals surface area contributed by atoms with E-state index in [2.05, 4.69) is 27.5 Å². The van der Waals surface area contributed by atoms with Gasteiger partial charge in [-0.05, 0) is 42.1 Å². The minimum Gasteiger partial charge on any atom is -0.375 e. The van der Waals surface area contributed by atoms with Gasteiger partial charge in [-0.15, -0.1) is 0 Å². The van der Waals surface area contributed by atoms with Gasteiger partial charge in [0.05, 0.1) is 23.7 Å². The van der Waals surface area contributed by atoms with Crippen LogP contribution in [-0.2, 0) is 18.3 Å². The van der Waals surface area contributed by atoms with E-state index >= 15 is 0 Å². The number of ether oxygens (including phenoxy) is 1. The summed E-state index contributed by atoms with van der Waals surface area (Å²) in [5, 5.41) is 7.93. The van der Waals surface area contributed by atoms with Gasteiger partial charge in [-0.1, -0.05) is 6.92 Å². The van der Waals surface area contributed by atoms with E-state index in [9.17, 15) is 4.57 Å². The lowest BCUT2D eigenvalue weighted by Gasteiger charge is -2.32. The second-order valence-corrected chi connectivity index (χ2v) is 11.0. The zero-order valence-corrected chi connectivity index (χ0v) is 21.5. The number of rotatable bonds is 8. The number of morpholine rings is 1. The zero-order valence-electron chi connectivity index (χ0n) is 19.7. The predicted molar refractivity (Wildman–Crippen MR) is 138 cm³/mol. The van der Waals surface area contributed by atoms with Crippen LogP contribution in [-0.4, -0.2) is 59.5 Å². The van der Waals surface area contributed by atoms with Crippen LogP contribution in [0.4, 0.5) is 17.5 Å². The summed E-state index contributed by atoms with van der Waals surface area (Å²) in [6.07, 6.45) is 2.84. The molecule has 4 heterocycles. The molecule has 5 rings (SSSR count). The maximum Gasteiger partial charge on any atom is 0.360 e.